The summed E-state index contributed by atoms with van der Waals surface area (Å²) in [4.78, 5) is 16.7. The van der Waals surface area contributed by atoms with Gasteiger partial charge >= 0.3 is 5.97 Å². The fourth-order valence-electron chi connectivity index (χ4n) is 2.98. The molecule has 0 aliphatic rings. The van der Waals surface area contributed by atoms with Crippen LogP contribution < -0.4 is 0 Å². The van der Waals surface area contributed by atoms with E-state index in [1.54, 1.807) is 31.2 Å². The fraction of sp³-hybridized carbons (Fsp3) is 0.333. The van der Waals surface area contributed by atoms with Crippen LogP contribution in [0.1, 0.15) is 50.3 Å². The molecular formula is C27H33ClFNO3. The molecule has 0 aliphatic carbocycles. The number of nitrogens with zero attached hydrogens (tertiary/aromatic N) is 1. The van der Waals surface area contributed by atoms with Crippen molar-refractivity contribution in [2.24, 2.45) is 0 Å². The molecule has 0 saturated heterocycles. The molecule has 0 aliphatic heterocycles. The number of rotatable bonds is 7. The zero-order valence-electron chi connectivity index (χ0n) is 20.2. The maximum absolute atomic E-state index is 13.6. The summed E-state index contributed by atoms with van der Waals surface area (Å²) in [6, 6.07) is 17.8. The van der Waals surface area contributed by atoms with Crippen LogP contribution in [0, 0.1) is 12.7 Å². The molecule has 0 N–H and O–H groups in total. The van der Waals surface area contributed by atoms with Crippen molar-refractivity contribution in [3.63, 3.8) is 0 Å². The van der Waals surface area contributed by atoms with Gasteiger partial charge in [-0.3, -0.25) is 4.79 Å². The van der Waals surface area contributed by atoms with E-state index in [9.17, 15) is 9.18 Å². The first-order valence-corrected chi connectivity index (χ1v) is 11.5. The number of esters is 1. The Labute approximate surface area is 201 Å². The van der Waals surface area contributed by atoms with E-state index in [0.717, 1.165) is 5.56 Å². The van der Waals surface area contributed by atoms with Crippen molar-refractivity contribution in [3.8, 4) is 11.3 Å². The van der Waals surface area contributed by atoms with Gasteiger partial charge in [-0.05, 0) is 53.9 Å². The fourth-order valence-corrected chi connectivity index (χ4v) is 3.20. The predicted octanol–water partition coefficient (Wildman–Crippen LogP) is 7.38. The number of benzene rings is 2. The number of ether oxygens (including phenoxy) is 2. The van der Waals surface area contributed by atoms with E-state index in [0.29, 0.717) is 29.0 Å². The van der Waals surface area contributed by atoms with Gasteiger partial charge in [0.1, 0.15) is 16.9 Å². The van der Waals surface area contributed by atoms with Gasteiger partial charge in [-0.25, -0.2) is 9.37 Å². The highest BCUT2D eigenvalue weighted by Gasteiger charge is 2.23. The van der Waals surface area contributed by atoms with E-state index in [1.165, 1.54) is 13.2 Å². The van der Waals surface area contributed by atoms with Crippen molar-refractivity contribution in [2.45, 2.75) is 47.1 Å². The number of aryl methyl sites for hydroxylation is 1. The molecule has 6 heteroatoms. The van der Waals surface area contributed by atoms with E-state index in [4.69, 9.17) is 21.1 Å². The molecule has 0 saturated carbocycles. The number of methoxy groups -OCH3 is 1. The largest absolute Gasteiger partial charge is 0.468 e. The Kier molecular flexibility index (Phi) is 13.0. The van der Waals surface area contributed by atoms with Gasteiger partial charge in [0.15, 0.2) is 0 Å². The van der Waals surface area contributed by atoms with Gasteiger partial charge < -0.3 is 9.47 Å². The lowest BCUT2D eigenvalue weighted by atomic mass is 9.98. The third-order valence-corrected chi connectivity index (χ3v) is 4.75. The molecule has 1 heterocycles. The van der Waals surface area contributed by atoms with Gasteiger partial charge in [0, 0.05) is 5.56 Å². The number of pyridine rings is 1. The molecule has 1 atom stereocenters. The second-order valence-corrected chi connectivity index (χ2v) is 7.04. The van der Waals surface area contributed by atoms with Crippen molar-refractivity contribution >= 4 is 17.6 Å². The standard InChI is InChI=1S/C23H21ClFNO3.2C2H6/c1-15-10-17(8-9-20(15)25)21-11-18(12-22(24)26-21)19(23(27)28-2)14-29-13-16-6-4-3-5-7-16;2*1-2/h3-12,19H,13-14H2,1-2H3;2*1-2H3. The first-order chi connectivity index (χ1) is 16.0. The maximum atomic E-state index is 13.6. The molecule has 0 amide bonds. The average molecular weight is 474 g/mol. The minimum absolute atomic E-state index is 0.129. The highest BCUT2D eigenvalue weighted by Crippen LogP contribution is 2.28. The third-order valence-electron chi connectivity index (χ3n) is 4.55. The second-order valence-electron chi connectivity index (χ2n) is 6.65. The van der Waals surface area contributed by atoms with E-state index >= 15 is 0 Å². The van der Waals surface area contributed by atoms with Crippen LogP contribution in [0.4, 0.5) is 4.39 Å². The number of carbonyl (C=O) groups excluding carboxylic acids is 1. The number of carbonyl (C=O) groups is 1. The SMILES string of the molecule is CC.CC.COC(=O)C(COCc1ccccc1)c1cc(Cl)nc(-c2ccc(F)c(C)c2)c1. The number of aromatic nitrogens is 1. The normalized spacial score (nSPS) is 10.8. The minimum atomic E-state index is -0.662. The Morgan fingerprint density at radius 1 is 1.03 bits per heavy atom. The third kappa shape index (κ3) is 8.60. The van der Waals surface area contributed by atoms with Gasteiger partial charge in [-0.1, -0.05) is 69.6 Å². The van der Waals surface area contributed by atoms with Crippen LogP contribution in [-0.2, 0) is 20.9 Å². The molecule has 1 unspecified atom stereocenters. The molecule has 2 aromatic carbocycles. The molecular weight excluding hydrogens is 441 g/mol. The van der Waals surface area contributed by atoms with Crippen LogP contribution in [-0.4, -0.2) is 24.7 Å². The van der Waals surface area contributed by atoms with Gasteiger partial charge in [0.05, 0.1) is 26.0 Å². The monoisotopic (exact) mass is 473 g/mol. The summed E-state index contributed by atoms with van der Waals surface area (Å²) in [5, 5.41) is 0.233. The van der Waals surface area contributed by atoms with Crippen LogP contribution in [0.25, 0.3) is 11.3 Å². The van der Waals surface area contributed by atoms with Crippen molar-refractivity contribution in [1.82, 2.24) is 4.98 Å². The molecule has 33 heavy (non-hydrogen) atoms. The minimum Gasteiger partial charge on any atom is -0.468 e. The van der Waals surface area contributed by atoms with Crippen molar-refractivity contribution < 1.29 is 18.7 Å². The second kappa shape index (κ2) is 15.1. The summed E-state index contributed by atoms with van der Waals surface area (Å²) in [5.74, 6) is -1.39. The summed E-state index contributed by atoms with van der Waals surface area (Å²) in [6.45, 7) is 10.2. The van der Waals surface area contributed by atoms with Crippen molar-refractivity contribution in [2.75, 3.05) is 13.7 Å². The van der Waals surface area contributed by atoms with Gasteiger partial charge in [-0.15, -0.1) is 0 Å². The summed E-state index contributed by atoms with van der Waals surface area (Å²) in [5.41, 5.74) is 3.39. The summed E-state index contributed by atoms with van der Waals surface area (Å²) in [7, 11) is 1.33. The van der Waals surface area contributed by atoms with Gasteiger partial charge in [0.2, 0.25) is 0 Å². The molecule has 178 valence electrons. The summed E-state index contributed by atoms with van der Waals surface area (Å²) >= 11 is 6.21. The quantitative estimate of drug-likeness (QED) is 0.265. The number of hydrogen-bond donors (Lipinski definition) is 0. The smallest absolute Gasteiger partial charge is 0.315 e. The highest BCUT2D eigenvalue weighted by molar-refractivity contribution is 6.29. The van der Waals surface area contributed by atoms with E-state index in [-0.39, 0.29) is 17.6 Å². The van der Waals surface area contributed by atoms with Crippen molar-refractivity contribution in [3.05, 3.63) is 88.3 Å². The lowest BCUT2D eigenvalue weighted by molar-refractivity contribution is -0.144. The van der Waals surface area contributed by atoms with Crippen LogP contribution in [0.5, 0.6) is 0 Å². The Bertz CT molecular complexity index is 996. The molecule has 0 spiro atoms. The van der Waals surface area contributed by atoms with Crippen molar-refractivity contribution in [1.29, 1.82) is 0 Å². The maximum Gasteiger partial charge on any atom is 0.315 e. The van der Waals surface area contributed by atoms with Gasteiger partial charge in [-0.2, -0.15) is 0 Å². The molecule has 0 fully saturated rings. The molecule has 3 rings (SSSR count). The molecule has 3 aromatic rings. The van der Waals surface area contributed by atoms with Crippen LogP contribution in [0.15, 0.2) is 60.7 Å². The topological polar surface area (TPSA) is 48.4 Å². The average Bonchev–Trinajstić information content (AvgIpc) is 2.86. The number of hydrogen-bond acceptors (Lipinski definition) is 4. The lowest BCUT2D eigenvalue weighted by Gasteiger charge is -2.17. The number of halogens is 2. The first kappa shape index (κ1) is 28.3. The molecule has 4 nitrogen and oxygen atoms in total. The summed E-state index contributed by atoms with van der Waals surface area (Å²) < 4.78 is 24.3. The van der Waals surface area contributed by atoms with E-state index < -0.39 is 11.9 Å². The Balaban J connectivity index is 0.00000129. The molecule has 0 bridgehead atoms. The van der Waals surface area contributed by atoms with Crippen LogP contribution in [0.2, 0.25) is 5.15 Å². The lowest BCUT2D eigenvalue weighted by Crippen LogP contribution is -2.20. The zero-order chi connectivity index (χ0) is 24.8. The van der Waals surface area contributed by atoms with Crippen LogP contribution in [0.3, 0.4) is 0 Å². The summed E-state index contributed by atoms with van der Waals surface area (Å²) in [6.07, 6.45) is 0. The van der Waals surface area contributed by atoms with E-state index in [1.807, 2.05) is 58.0 Å². The predicted molar refractivity (Wildman–Crippen MR) is 133 cm³/mol. The van der Waals surface area contributed by atoms with E-state index in [2.05, 4.69) is 4.98 Å². The molecule has 1 aromatic heterocycles. The highest BCUT2D eigenvalue weighted by atomic mass is 35.5. The Morgan fingerprint density at radius 3 is 2.30 bits per heavy atom. The Hall–Kier alpha value is -2.76. The Morgan fingerprint density at radius 2 is 1.70 bits per heavy atom. The zero-order valence-corrected chi connectivity index (χ0v) is 20.9. The first-order valence-electron chi connectivity index (χ1n) is 11.1. The van der Waals surface area contributed by atoms with Crippen LogP contribution >= 0.6 is 11.6 Å². The molecule has 0 radical (unpaired) electrons. The van der Waals surface area contributed by atoms with Gasteiger partial charge in [0.25, 0.3) is 0 Å².